The number of piperidine rings is 1. The lowest BCUT2D eigenvalue weighted by Gasteiger charge is -2.37. The summed E-state index contributed by atoms with van der Waals surface area (Å²) in [5.74, 6) is -0.486. The highest BCUT2D eigenvalue weighted by molar-refractivity contribution is 6.05. The minimum absolute atomic E-state index is 0.107. The van der Waals surface area contributed by atoms with Gasteiger partial charge in [-0.25, -0.2) is 9.07 Å². The van der Waals surface area contributed by atoms with Crippen LogP contribution in [0.5, 0.6) is 0 Å². The highest BCUT2D eigenvalue weighted by Crippen LogP contribution is 2.28. The summed E-state index contributed by atoms with van der Waals surface area (Å²) in [6, 6.07) is 14.0. The van der Waals surface area contributed by atoms with Crippen LogP contribution in [0.2, 0.25) is 0 Å². The Kier molecular flexibility index (Phi) is 5.40. The van der Waals surface area contributed by atoms with Gasteiger partial charge in [0, 0.05) is 11.7 Å². The van der Waals surface area contributed by atoms with Gasteiger partial charge in [0.1, 0.15) is 5.82 Å². The minimum Gasteiger partial charge on any atom is -0.306 e. The average Bonchev–Trinajstić information content (AvgIpc) is 3.22. The zero-order valence-electron chi connectivity index (χ0n) is 16.6. The number of hydrogen-bond donors (Lipinski definition) is 0. The number of amides is 1. The molecule has 0 radical (unpaired) electrons. The first-order valence-electron chi connectivity index (χ1n) is 9.79. The van der Waals surface area contributed by atoms with Crippen LogP contribution >= 0.6 is 0 Å². The predicted molar refractivity (Wildman–Crippen MR) is 110 cm³/mol. The maximum Gasteiger partial charge on any atom is 0.280 e. The van der Waals surface area contributed by atoms with Crippen molar-refractivity contribution < 1.29 is 9.18 Å². The molecule has 0 aliphatic carbocycles. The standard InChI is InChI=1S/C22H24FN5O/c1-16-5-3-4-6-21(16)28(19-11-13-26(2)14-12-19)22(29)20-15-27(25-24-20)18-9-7-17(23)8-10-18/h3-10,15,19H,11-14H2,1-2H3. The maximum absolute atomic E-state index is 13.5. The summed E-state index contributed by atoms with van der Waals surface area (Å²) < 4.78 is 14.7. The summed E-state index contributed by atoms with van der Waals surface area (Å²) in [4.78, 5) is 17.7. The van der Waals surface area contributed by atoms with Crippen LogP contribution in [0.1, 0.15) is 28.9 Å². The van der Waals surface area contributed by atoms with Crippen LogP contribution in [-0.2, 0) is 0 Å². The molecule has 0 unspecified atom stereocenters. The largest absolute Gasteiger partial charge is 0.306 e. The van der Waals surface area contributed by atoms with E-state index in [4.69, 9.17) is 0 Å². The third-order valence-corrected chi connectivity index (χ3v) is 5.45. The quantitative estimate of drug-likeness (QED) is 0.681. The van der Waals surface area contributed by atoms with Gasteiger partial charge in [-0.05, 0) is 75.8 Å². The number of likely N-dealkylation sites (tertiary alicyclic amines) is 1. The summed E-state index contributed by atoms with van der Waals surface area (Å²) in [5.41, 5.74) is 2.88. The third-order valence-electron chi connectivity index (χ3n) is 5.45. The Morgan fingerprint density at radius 2 is 1.79 bits per heavy atom. The number of rotatable bonds is 4. The molecule has 1 aromatic heterocycles. The fraction of sp³-hybridized carbons (Fsp3) is 0.318. The first-order valence-corrected chi connectivity index (χ1v) is 9.79. The van der Waals surface area contributed by atoms with Gasteiger partial charge in [0.25, 0.3) is 5.91 Å². The van der Waals surface area contributed by atoms with Crippen LogP contribution in [0.25, 0.3) is 5.69 Å². The lowest BCUT2D eigenvalue weighted by molar-refractivity contribution is 0.0958. The number of para-hydroxylation sites is 1. The molecule has 29 heavy (non-hydrogen) atoms. The lowest BCUT2D eigenvalue weighted by Crippen LogP contribution is -2.47. The van der Waals surface area contributed by atoms with Crippen LogP contribution < -0.4 is 4.90 Å². The van der Waals surface area contributed by atoms with Crippen molar-refractivity contribution in [2.75, 3.05) is 25.0 Å². The van der Waals surface area contributed by atoms with Gasteiger partial charge in [0.05, 0.1) is 11.9 Å². The fourth-order valence-corrected chi connectivity index (χ4v) is 3.76. The third kappa shape index (κ3) is 4.05. The Morgan fingerprint density at radius 1 is 1.10 bits per heavy atom. The van der Waals surface area contributed by atoms with Gasteiger partial charge in [0.2, 0.25) is 0 Å². The topological polar surface area (TPSA) is 54.3 Å². The summed E-state index contributed by atoms with van der Waals surface area (Å²) in [6.45, 7) is 3.91. The molecule has 6 nitrogen and oxygen atoms in total. The van der Waals surface area contributed by atoms with E-state index in [1.54, 1.807) is 18.3 Å². The smallest absolute Gasteiger partial charge is 0.280 e. The van der Waals surface area contributed by atoms with Gasteiger partial charge >= 0.3 is 0 Å². The molecule has 0 N–H and O–H groups in total. The molecule has 1 aliphatic heterocycles. The number of aromatic nitrogens is 3. The van der Waals surface area contributed by atoms with Crippen molar-refractivity contribution in [3.63, 3.8) is 0 Å². The Morgan fingerprint density at radius 3 is 2.48 bits per heavy atom. The zero-order chi connectivity index (χ0) is 20.4. The first kappa shape index (κ1) is 19.3. The molecule has 2 heterocycles. The number of nitrogens with zero attached hydrogens (tertiary/aromatic N) is 5. The normalized spacial score (nSPS) is 15.4. The van der Waals surface area contributed by atoms with E-state index in [1.165, 1.54) is 16.8 Å². The van der Waals surface area contributed by atoms with Crippen LogP contribution in [0.3, 0.4) is 0 Å². The molecule has 4 rings (SSSR count). The molecule has 1 aliphatic rings. The lowest BCUT2D eigenvalue weighted by atomic mass is 10.0. The van der Waals surface area contributed by atoms with Gasteiger partial charge in [-0.2, -0.15) is 0 Å². The molecule has 1 fully saturated rings. The Labute approximate surface area is 169 Å². The van der Waals surface area contributed by atoms with E-state index in [1.807, 2.05) is 36.1 Å². The molecule has 0 atom stereocenters. The summed E-state index contributed by atoms with van der Waals surface area (Å²) in [6.07, 6.45) is 3.42. The van der Waals surface area contributed by atoms with E-state index in [2.05, 4.69) is 22.3 Å². The van der Waals surface area contributed by atoms with Crippen LogP contribution in [0.4, 0.5) is 10.1 Å². The van der Waals surface area contributed by atoms with E-state index in [0.29, 0.717) is 5.69 Å². The number of aryl methyl sites for hydroxylation is 1. The summed E-state index contributed by atoms with van der Waals surface area (Å²) in [7, 11) is 2.10. The molecule has 0 saturated carbocycles. The number of hydrogen-bond acceptors (Lipinski definition) is 4. The first-order chi connectivity index (χ1) is 14.0. The molecule has 1 amide bonds. The monoisotopic (exact) mass is 393 g/mol. The highest BCUT2D eigenvalue weighted by Gasteiger charge is 2.31. The van der Waals surface area contributed by atoms with Crippen molar-refractivity contribution in [2.24, 2.45) is 0 Å². The molecule has 3 aromatic rings. The van der Waals surface area contributed by atoms with E-state index in [9.17, 15) is 9.18 Å². The highest BCUT2D eigenvalue weighted by atomic mass is 19.1. The van der Waals surface area contributed by atoms with Gasteiger partial charge < -0.3 is 9.80 Å². The van der Waals surface area contributed by atoms with E-state index >= 15 is 0 Å². The maximum atomic E-state index is 13.5. The van der Waals surface area contributed by atoms with Crippen molar-refractivity contribution in [2.45, 2.75) is 25.8 Å². The SMILES string of the molecule is Cc1ccccc1N(C(=O)c1cn(-c2ccc(F)cc2)nn1)C1CCN(C)CC1. The van der Waals surface area contributed by atoms with Gasteiger partial charge in [-0.15, -0.1) is 5.10 Å². The van der Waals surface area contributed by atoms with Gasteiger partial charge in [0.15, 0.2) is 5.69 Å². The second-order valence-electron chi connectivity index (χ2n) is 7.52. The van der Waals surface area contributed by atoms with E-state index < -0.39 is 0 Å². The molecule has 150 valence electrons. The Hall–Kier alpha value is -3.06. The second kappa shape index (κ2) is 8.13. The van der Waals surface area contributed by atoms with Crippen LogP contribution in [0, 0.1) is 12.7 Å². The van der Waals surface area contributed by atoms with Crippen LogP contribution in [0.15, 0.2) is 54.7 Å². The zero-order valence-corrected chi connectivity index (χ0v) is 16.6. The molecule has 1 saturated heterocycles. The molecule has 0 bridgehead atoms. The minimum atomic E-state index is -0.321. The number of carbonyl (C=O) groups is 1. The van der Waals surface area contributed by atoms with E-state index in [-0.39, 0.29) is 23.5 Å². The summed E-state index contributed by atoms with van der Waals surface area (Å²) in [5, 5.41) is 8.20. The molecular weight excluding hydrogens is 369 g/mol. The van der Waals surface area contributed by atoms with Gasteiger partial charge in [-0.3, -0.25) is 4.79 Å². The van der Waals surface area contributed by atoms with Crippen molar-refractivity contribution in [3.8, 4) is 5.69 Å². The average molecular weight is 393 g/mol. The number of benzene rings is 2. The Balaban J connectivity index is 1.66. The summed E-state index contributed by atoms with van der Waals surface area (Å²) >= 11 is 0. The molecule has 0 spiro atoms. The van der Waals surface area contributed by atoms with Crippen molar-refractivity contribution in [3.05, 3.63) is 71.8 Å². The van der Waals surface area contributed by atoms with Crippen molar-refractivity contribution in [1.82, 2.24) is 19.9 Å². The van der Waals surface area contributed by atoms with Crippen molar-refractivity contribution >= 4 is 11.6 Å². The molecule has 7 heteroatoms. The Bertz CT molecular complexity index is 992. The van der Waals surface area contributed by atoms with Crippen LogP contribution in [-0.4, -0.2) is 52.0 Å². The predicted octanol–water partition coefficient (Wildman–Crippen LogP) is 3.46. The molecular formula is C22H24FN5O. The van der Waals surface area contributed by atoms with Crippen molar-refractivity contribution in [1.29, 1.82) is 0 Å². The second-order valence-corrected chi connectivity index (χ2v) is 7.52. The number of carbonyl (C=O) groups excluding carboxylic acids is 1. The van der Waals surface area contributed by atoms with Gasteiger partial charge in [-0.1, -0.05) is 23.4 Å². The fourth-order valence-electron chi connectivity index (χ4n) is 3.76. The molecule has 2 aromatic carbocycles. The number of anilines is 1. The number of halogens is 1. The van der Waals surface area contributed by atoms with E-state index in [0.717, 1.165) is 37.2 Å².